The summed E-state index contributed by atoms with van der Waals surface area (Å²) in [5.41, 5.74) is 4.61. The van der Waals surface area contributed by atoms with Gasteiger partial charge >= 0.3 is 0 Å². The summed E-state index contributed by atoms with van der Waals surface area (Å²) >= 11 is 0. The fourth-order valence-electron chi connectivity index (χ4n) is 3.75. The Morgan fingerprint density at radius 2 is 1.62 bits per heavy atom. The molecule has 1 aliphatic heterocycles. The van der Waals surface area contributed by atoms with Gasteiger partial charge in [-0.2, -0.15) is 5.10 Å². The average molecular weight is 434 g/mol. The van der Waals surface area contributed by atoms with Gasteiger partial charge in [0.25, 0.3) is 0 Å². The van der Waals surface area contributed by atoms with E-state index in [0.717, 1.165) is 35.6 Å². The van der Waals surface area contributed by atoms with E-state index in [2.05, 4.69) is 34.6 Å². The van der Waals surface area contributed by atoms with Crippen molar-refractivity contribution < 1.29 is 14.3 Å². The molecule has 4 rings (SSSR count). The monoisotopic (exact) mass is 433 g/mol. The Balaban J connectivity index is 1.52. The first kappa shape index (κ1) is 21.6. The average Bonchev–Trinajstić information content (AvgIpc) is 3.19. The molecule has 1 fully saturated rings. The van der Waals surface area contributed by atoms with E-state index >= 15 is 0 Å². The highest BCUT2D eigenvalue weighted by molar-refractivity contribution is 5.92. The Bertz CT molecular complexity index is 1100. The van der Waals surface area contributed by atoms with Crippen molar-refractivity contribution in [3.63, 3.8) is 0 Å². The van der Waals surface area contributed by atoms with E-state index in [1.807, 2.05) is 18.3 Å². The number of aryl methyl sites for hydroxylation is 1. The predicted molar refractivity (Wildman–Crippen MR) is 125 cm³/mol. The van der Waals surface area contributed by atoms with Crippen molar-refractivity contribution in [2.24, 2.45) is 0 Å². The van der Waals surface area contributed by atoms with E-state index in [1.54, 1.807) is 28.9 Å². The molecular weight excluding hydrogens is 406 g/mol. The van der Waals surface area contributed by atoms with Gasteiger partial charge in [0.2, 0.25) is 11.8 Å². The molecule has 166 valence electrons. The minimum Gasteiger partial charge on any atom is -0.378 e. The van der Waals surface area contributed by atoms with E-state index < -0.39 is 0 Å². The first-order chi connectivity index (χ1) is 15.5. The Morgan fingerprint density at radius 1 is 0.969 bits per heavy atom. The van der Waals surface area contributed by atoms with E-state index in [1.165, 1.54) is 6.92 Å². The van der Waals surface area contributed by atoms with Crippen LogP contribution in [0.25, 0.3) is 11.1 Å². The van der Waals surface area contributed by atoms with Gasteiger partial charge in [-0.15, -0.1) is 0 Å². The molecule has 2 amide bonds. The number of rotatable bonds is 6. The van der Waals surface area contributed by atoms with E-state index in [0.29, 0.717) is 24.6 Å². The summed E-state index contributed by atoms with van der Waals surface area (Å²) in [5.74, 6) is 0.556. The van der Waals surface area contributed by atoms with Crippen LogP contribution in [-0.2, 0) is 20.9 Å². The number of benzene rings is 2. The number of ether oxygens (including phenoxy) is 1. The van der Waals surface area contributed by atoms with Gasteiger partial charge in [0.1, 0.15) is 6.54 Å². The van der Waals surface area contributed by atoms with E-state index in [4.69, 9.17) is 9.84 Å². The van der Waals surface area contributed by atoms with Crippen molar-refractivity contribution in [2.45, 2.75) is 20.4 Å². The van der Waals surface area contributed by atoms with Crippen LogP contribution in [0.15, 0.2) is 54.7 Å². The van der Waals surface area contributed by atoms with Crippen molar-refractivity contribution in [2.75, 3.05) is 41.8 Å². The number of hydrogen-bond donors (Lipinski definition) is 2. The highest BCUT2D eigenvalue weighted by Gasteiger charge is 2.21. The number of aromatic nitrogens is 2. The van der Waals surface area contributed by atoms with Gasteiger partial charge in [0, 0.05) is 43.1 Å². The minimum atomic E-state index is -0.176. The second kappa shape index (κ2) is 9.65. The Labute approximate surface area is 187 Å². The minimum absolute atomic E-state index is 0.0939. The molecule has 8 heteroatoms. The number of carbonyl (C=O) groups is 2. The molecule has 0 atom stereocenters. The molecule has 2 aromatic carbocycles. The van der Waals surface area contributed by atoms with Gasteiger partial charge in [0.15, 0.2) is 5.82 Å². The summed E-state index contributed by atoms with van der Waals surface area (Å²) in [5, 5.41) is 10.3. The van der Waals surface area contributed by atoms with Crippen molar-refractivity contribution in [1.29, 1.82) is 0 Å². The smallest absolute Gasteiger partial charge is 0.246 e. The zero-order valence-electron chi connectivity index (χ0n) is 18.3. The molecule has 3 aromatic rings. The fourth-order valence-corrected chi connectivity index (χ4v) is 3.75. The molecule has 0 radical (unpaired) electrons. The summed E-state index contributed by atoms with van der Waals surface area (Å²) in [6.07, 6.45) is 1.94. The standard InChI is InChI=1S/C24H27N5O3/c1-17-5-3-4-6-21(17)22-15-29(27-24(22)28-11-13-32-14-12-28)16-23(31)26-20-9-7-19(8-10-20)25-18(2)30/h3-10,15H,11-14,16H2,1-2H3,(H,25,30)(H,26,31). The van der Waals surface area contributed by atoms with Gasteiger partial charge < -0.3 is 20.3 Å². The van der Waals surface area contributed by atoms with Gasteiger partial charge in [-0.25, -0.2) is 0 Å². The molecule has 0 aliphatic carbocycles. The maximum atomic E-state index is 12.7. The summed E-state index contributed by atoms with van der Waals surface area (Å²) in [4.78, 5) is 26.0. The molecule has 0 spiro atoms. The molecular formula is C24H27N5O3. The second-order valence-electron chi connectivity index (χ2n) is 7.79. The first-order valence-electron chi connectivity index (χ1n) is 10.6. The third kappa shape index (κ3) is 5.15. The molecule has 2 N–H and O–H groups in total. The highest BCUT2D eigenvalue weighted by atomic mass is 16.5. The molecule has 1 aliphatic rings. The zero-order chi connectivity index (χ0) is 22.5. The molecule has 8 nitrogen and oxygen atoms in total. The topological polar surface area (TPSA) is 88.5 Å². The number of morpholine rings is 1. The van der Waals surface area contributed by atoms with Gasteiger partial charge in [-0.05, 0) is 42.3 Å². The maximum Gasteiger partial charge on any atom is 0.246 e. The third-order valence-corrected chi connectivity index (χ3v) is 5.28. The third-order valence-electron chi connectivity index (χ3n) is 5.28. The molecule has 0 unspecified atom stereocenters. The predicted octanol–water partition coefficient (Wildman–Crippen LogP) is 3.29. The van der Waals surface area contributed by atoms with Crippen LogP contribution in [0.4, 0.5) is 17.2 Å². The zero-order valence-corrected chi connectivity index (χ0v) is 18.3. The molecule has 0 saturated carbocycles. The summed E-state index contributed by atoms with van der Waals surface area (Å²) < 4.78 is 7.18. The number of amides is 2. The Morgan fingerprint density at radius 3 is 2.28 bits per heavy atom. The van der Waals surface area contributed by atoms with Gasteiger partial charge in [-0.3, -0.25) is 14.3 Å². The lowest BCUT2D eigenvalue weighted by molar-refractivity contribution is -0.117. The maximum absolute atomic E-state index is 12.7. The number of carbonyl (C=O) groups excluding carboxylic acids is 2. The molecule has 0 bridgehead atoms. The van der Waals surface area contributed by atoms with Crippen LogP contribution in [0, 0.1) is 6.92 Å². The van der Waals surface area contributed by atoms with Crippen LogP contribution < -0.4 is 15.5 Å². The lowest BCUT2D eigenvalue weighted by atomic mass is 10.0. The Hall–Kier alpha value is -3.65. The number of nitrogens with one attached hydrogen (secondary N) is 2. The summed E-state index contributed by atoms with van der Waals surface area (Å²) in [6.45, 7) is 6.48. The van der Waals surface area contributed by atoms with Crippen LogP contribution in [-0.4, -0.2) is 47.9 Å². The van der Waals surface area contributed by atoms with Gasteiger partial charge in [0.05, 0.1) is 13.2 Å². The molecule has 1 saturated heterocycles. The molecule has 32 heavy (non-hydrogen) atoms. The second-order valence-corrected chi connectivity index (χ2v) is 7.79. The van der Waals surface area contributed by atoms with Crippen molar-refractivity contribution in [3.05, 3.63) is 60.3 Å². The van der Waals surface area contributed by atoms with Crippen molar-refractivity contribution in [1.82, 2.24) is 9.78 Å². The van der Waals surface area contributed by atoms with Crippen LogP contribution in [0.1, 0.15) is 12.5 Å². The van der Waals surface area contributed by atoms with Crippen LogP contribution >= 0.6 is 0 Å². The lowest BCUT2D eigenvalue weighted by Gasteiger charge is -2.27. The van der Waals surface area contributed by atoms with Crippen LogP contribution in [0.5, 0.6) is 0 Å². The Kier molecular flexibility index (Phi) is 6.51. The van der Waals surface area contributed by atoms with E-state index in [-0.39, 0.29) is 18.4 Å². The fraction of sp³-hybridized carbons (Fsp3) is 0.292. The van der Waals surface area contributed by atoms with E-state index in [9.17, 15) is 9.59 Å². The van der Waals surface area contributed by atoms with Crippen molar-refractivity contribution >= 4 is 29.0 Å². The van der Waals surface area contributed by atoms with Crippen LogP contribution in [0.3, 0.4) is 0 Å². The SMILES string of the molecule is CC(=O)Nc1ccc(NC(=O)Cn2cc(-c3ccccc3C)c(N3CCOCC3)n2)cc1. The van der Waals surface area contributed by atoms with Gasteiger partial charge in [-0.1, -0.05) is 24.3 Å². The normalized spacial score (nSPS) is 13.6. The lowest BCUT2D eigenvalue weighted by Crippen LogP contribution is -2.36. The largest absolute Gasteiger partial charge is 0.378 e. The summed E-state index contributed by atoms with van der Waals surface area (Å²) in [7, 11) is 0. The van der Waals surface area contributed by atoms with Crippen LogP contribution in [0.2, 0.25) is 0 Å². The summed E-state index contributed by atoms with van der Waals surface area (Å²) in [6, 6.07) is 15.2. The molecule has 2 heterocycles. The van der Waals surface area contributed by atoms with Crippen molar-refractivity contribution in [3.8, 4) is 11.1 Å². The number of hydrogen-bond acceptors (Lipinski definition) is 5. The number of anilines is 3. The highest BCUT2D eigenvalue weighted by Crippen LogP contribution is 2.32. The first-order valence-corrected chi connectivity index (χ1v) is 10.6. The molecule has 1 aromatic heterocycles. The number of nitrogens with zero attached hydrogens (tertiary/aromatic N) is 3. The quantitative estimate of drug-likeness (QED) is 0.623.